The van der Waals surface area contributed by atoms with Crippen LogP contribution in [0.25, 0.3) is 17.1 Å². The van der Waals surface area contributed by atoms with Crippen molar-refractivity contribution in [3.63, 3.8) is 0 Å². The van der Waals surface area contributed by atoms with Gasteiger partial charge in [0, 0.05) is 18.1 Å². The van der Waals surface area contributed by atoms with Crippen LogP contribution in [0, 0.1) is 18.3 Å². The quantitative estimate of drug-likeness (QED) is 0.570. The first-order valence-corrected chi connectivity index (χ1v) is 8.95. The maximum Gasteiger partial charge on any atom is 0.277 e. The number of aryl methyl sites for hydroxylation is 1. The Morgan fingerprint density at radius 2 is 2.04 bits per heavy atom. The second kappa shape index (κ2) is 7.34. The van der Waals surface area contributed by atoms with Crippen LogP contribution in [0.1, 0.15) is 21.1 Å². The molecule has 0 saturated heterocycles. The van der Waals surface area contributed by atoms with Gasteiger partial charge in [0.1, 0.15) is 16.6 Å². The summed E-state index contributed by atoms with van der Waals surface area (Å²) < 4.78 is 1.40. The first kappa shape index (κ1) is 17.4. The first-order chi connectivity index (χ1) is 13.7. The SMILES string of the molecule is Cc1cccc(-c2nc(NC(=O)c3cnnn3-c3ccncc3)sc2C#N)n1. The number of carbonyl (C=O) groups excluding carboxylic acids is 1. The molecule has 0 aromatic carbocycles. The van der Waals surface area contributed by atoms with Crippen molar-refractivity contribution in [3.05, 3.63) is 65.2 Å². The van der Waals surface area contributed by atoms with Gasteiger partial charge in [0.25, 0.3) is 5.91 Å². The molecule has 1 N–H and O–H groups in total. The minimum absolute atomic E-state index is 0.232. The molecular weight excluding hydrogens is 376 g/mol. The van der Waals surface area contributed by atoms with Crippen molar-refractivity contribution >= 4 is 22.4 Å². The lowest BCUT2D eigenvalue weighted by Gasteiger charge is -2.05. The number of rotatable bonds is 4. The van der Waals surface area contributed by atoms with Crippen LogP contribution < -0.4 is 5.32 Å². The molecule has 9 nitrogen and oxygen atoms in total. The number of anilines is 1. The minimum Gasteiger partial charge on any atom is -0.296 e. The largest absolute Gasteiger partial charge is 0.296 e. The lowest BCUT2D eigenvalue weighted by Crippen LogP contribution is -2.16. The minimum atomic E-state index is -0.441. The van der Waals surface area contributed by atoms with Crippen molar-refractivity contribution in [1.29, 1.82) is 5.26 Å². The van der Waals surface area contributed by atoms with Gasteiger partial charge in [-0.3, -0.25) is 20.1 Å². The molecule has 1 amide bonds. The Hall–Kier alpha value is -3.97. The first-order valence-electron chi connectivity index (χ1n) is 8.13. The number of nitrogens with one attached hydrogen (secondary N) is 1. The summed E-state index contributed by atoms with van der Waals surface area (Å²) in [7, 11) is 0. The highest BCUT2D eigenvalue weighted by Crippen LogP contribution is 2.30. The molecule has 0 atom stereocenters. The maximum atomic E-state index is 12.7. The van der Waals surface area contributed by atoms with Crippen LogP contribution in [0.3, 0.4) is 0 Å². The average molecular weight is 388 g/mol. The number of carbonyl (C=O) groups is 1. The Morgan fingerprint density at radius 1 is 1.21 bits per heavy atom. The number of aromatic nitrogens is 6. The van der Waals surface area contributed by atoms with Crippen molar-refractivity contribution < 1.29 is 4.79 Å². The third kappa shape index (κ3) is 3.34. The molecule has 4 rings (SSSR count). The molecule has 0 saturated carbocycles. The van der Waals surface area contributed by atoms with Gasteiger partial charge in [-0.2, -0.15) is 5.26 Å². The fourth-order valence-electron chi connectivity index (χ4n) is 2.52. The topological polar surface area (TPSA) is 122 Å². The van der Waals surface area contributed by atoms with E-state index in [1.54, 1.807) is 30.6 Å². The van der Waals surface area contributed by atoms with Crippen LogP contribution in [0.4, 0.5) is 5.13 Å². The Labute approximate surface area is 163 Å². The lowest BCUT2D eigenvalue weighted by atomic mass is 10.2. The third-order valence-electron chi connectivity index (χ3n) is 3.77. The van der Waals surface area contributed by atoms with Gasteiger partial charge in [-0.05, 0) is 31.2 Å². The molecule has 0 fully saturated rings. The summed E-state index contributed by atoms with van der Waals surface area (Å²) >= 11 is 1.08. The monoisotopic (exact) mass is 388 g/mol. The molecular formula is C18H12N8OS. The van der Waals surface area contributed by atoms with Gasteiger partial charge in [-0.25, -0.2) is 9.67 Å². The van der Waals surface area contributed by atoms with E-state index < -0.39 is 5.91 Å². The van der Waals surface area contributed by atoms with Crippen molar-refractivity contribution in [2.24, 2.45) is 0 Å². The highest BCUT2D eigenvalue weighted by atomic mass is 32.1. The van der Waals surface area contributed by atoms with Gasteiger partial charge in [-0.15, -0.1) is 5.10 Å². The Kier molecular flexibility index (Phi) is 4.57. The second-order valence-corrected chi connectivity index (χ2v) is 6.66. The van der Waals surface area contributed by atoms with Crippen LogP contribution in [0.2, 0.25) is 0 Å². The average Bonchev–Trinajstić information content (AvgIpc) is 3.35. The summed E-state index contributed by atoms with van der Waals surface area (Å²) in [5, 5.41) is 20.2. The lowest BCUT2D eigenvalue weighted by molar-refractivity contribution is 0.101. The zero-order chi connectivity index (χ0) is 19.5. The molecule has 4 aromatic heterocycles. The fourth-order valence-corrected chi connectivity index (χ4v) is 3.29. The number of hydrogen-bond donors (Lipinski definition) is 1. The van der Waals surface area contributed by atoms with E-state index in [1.165, 1.54) is 10.9 Å². The van der Waals surface area contributed by atoms with Gasteiger partial charge < -0.3 is 0 Å². The summed E-state index contributed by atoms with van der Waals surface area (Å²) in [6.45, 7) is 1.86. The van der Waals surface area contributed by atoms with Crippen molar-refractivity contribution in [1.82, 2.24) is 29.9 Å². The number of amides is 1. The summed E-state index contributed by atoms with van der Waals surface area (Å²) in [5.74, 6) is -0.441. The van der Waals surface area contributed by atoms with Gasteiger partial charge in [0.15, 0.2) is 10.8 Å². The molecule has 0 radical (unpaired) electrons. The highest BCUT2D eigenvalue weighted by Gasteiger charge is 2.19. The van der Waals surface area contributed by atoms with E-state index >= 15 is 0 Å². The van der Waals surface area contributed by atoms with Crippen LogP contribution in [-0.2, 0) is 0 Å². The Balaban J connectivity index is 1.64. The molecule has 4 aromatic rings. The van der Waals surface area contributed by atoms with E-state index in [-0.39, 0.29) is 5.69 Å². The molecule has 0 bridgehead atoms. The van der Waals surface area contributed by atoms with Crippen LogP contribution in [-0.4, -0.2) is 35.9 Å². The molecule has 10 heteroatoms. The van der Waals surface area contributed by atoms with Gasteiger partial charge in [0.2, 0.25) is 0 Å². The number of nitriles is 1. The Bertz CT molecular complexity index is 1190. The molecule has 0 aliphatic heterocycles. The molecule has 4 heterocycles. The van der Waals surface area contributed by atoms with E-state index in [0.29, 0.717) is 27.1 Å². The molecule has 136 valence electrons. The molecule has 0 aliphatic rings. The number of pyridine rings is 2. The number of nitrogens with zero attached hydrogens (tertiary/aromatic N) is 7. The Morgan fingerprint density at radius 3 is 2.79 bits per heavy atom. The molecule has 0 aliphatic carbocycles. The van der Waals surface area contributed by atoms with E-state index in [2.05, 4.69) is 36.7 Å². The zero-order valence-electron chi connectivity index (χ0n) is 14.6. The van der Waals surface area contributed by atoms with Crippen molar-refractivity contribution in [2.75, 3.05) is 5.32 Å². The van der Waals surface area contributed by atoms with Crippen LogP contribution in [0.15, 0.2) is 48.9 Å². The number of hydrogen-bond acceptors (Lipinski definition) is 8. The van der Waals surface area contributed by atoms with E-state index in [0.717, 1.165) is 17.0 Å². The van der Waals surface area contributed by atoms with Crippen LogP contribution >= 0.6 is 11.3 Å². The third-order valence-corrected chi connectivity index (χ3v) is 4.64. The van der Waals surface area contributed by atoms with E-state index in [1.807, 2.05) is 19.1 Å². The standard InChI is InChI=1S/C18H12N8OS/c1-11-3-2-4-13(22-11)16-15(9-19)28-18(23-16)24-17(27)14-10-21-25-26(14)12-5-7-20-8-6-12/h2-8,10H,1H3,(H,23,24,27). The van der Waals surface area contributed by atoms with Crippen molar-refractivity contribution in [2.45, 2.75) is 6.92 Å². The van der Waals surface area contributed by atoms with Crippen LogP contribution in [0.5, 0.6) is 0 Å². The summed E-state index contributed by atoms with van der Waals surface area (Å²) in [6.07, 6.45) is 4.55. The maximum absolute atomic E-state index is 12.7. The summed E-state index contributed by atoms with van der Waals surface area (Å²) in [4.78, 5) is 25.8. The normalized spacial score (nSPS) is 10.4. The summed E-state index contributed by atoms with van der Waals surface area (Å²) in [5.41, 5.74) is 2.71. The second-order valence-electron chi connectivity index (χ2n) is 5.66. The predicted octanol–water partition coefficient (Wildman–Crippen LogP) is 2.61. The fraction of sp³-hybridized carbons (Fsp3) is 0.0556. The molecule has 0 unspecified atom stereocenters. The smallest absolute Gasteiger partial charge is 0.277 e. The van der Waals surface area contributed by atoms with Crippen molar-refractivity contribution in [3.8, 4) is 23.1 Å². The van der Waals surface area contributed by atoms with E-state index in [9.17, 15) is 10.1 Å². The van der Waals surface area contributed by atoms with Gasteiger partial charge >= 0.3 is 0 Å². The molecule has 0 spiro atoms. The zero-order valence-corrected chi connectivity index (χ0v) is 15.4. The number of thiazole rings is 1. The highest BCUT2D eigenvalue weighted by molar-refractivity contribution is 7.16. The van der Waals surface area contributed by atoms with E-state index in [4.69, 9.17) is 0 Å². The predicted molar refractivity (Wildman–Crippen MR) is 102 cm³/mol. The summed E-state index contributed by atoms with van der Waals surface area (Å²) in [6, 6.07) is 11.0. The van der Waals surface area contributed by atoms with Gasteiger partial charge in [0.05, 0.1) is 17.6 Å². The molecule has 28 heavy (non-hydrogen) atoms. The van der Waals surface area contributed by atoms with Gasteiger partial charge in [-0.1, -0.05) is 22.6 Å².